The van der Waals surface area contributed by atoms with Gasteiger partial charge in [0.15, 0.2) is 0 Å². The monoisotopic (exact) mass is 453 g/mol. The Hall–Kier alpha value is -2.50. The lowest BCUT2D eigenvalue weighted by atomic mass is 9.70. The molecule has 6 heteroatoms. The van der Waals surface area contributed by atoms with E-state index in [9.17, 15) is 15.0 Å². The Morgan fingerprint density at radius 2 is 2.16 bits per heavy atom. The number of aryl methyl sites for hydroxylation is 1. The molecule has 3 aliphatic rings. The summed E-state index contributed by atoms with van der Waals surface area (Å²) >= 11 is 6.26. The molecular formula is C26H28ClNO4. The minimum absolute atomic E-state index is 0.182. The van der Waals surface area contributed by atoms with Crippen LogP contribution in [-0.4, -0.2) is 42.0 Å². The van der Waals surface area contributed by atoms with Gasteiger partial charge in [-0.05, 0) is 79.0 Å². The maximum absolute atomic E-state index is 11.7. The van der Waals surface area contributed by atoms with Gasteiger partial charge < -0.3 is 19.8 Å². The van der Waals surface area contributed by atoms with E-state index in [0.717, 1.165) is 55.2 Å². The smallest absolute Gasteiger partial charge is 0.335 e. The number of fused-ring (bicyclic) bond motifs is 3. The van der Waals surface area contributed by atoms with Gasteiger partial charge in [-0.1, -0.05) is 23.7 Å². The Balaban J connectivity index is 1.53. The number of hydrogen-bond donors (Lipinski definition) is 2. The molecule has 32 heavy (non-hydrogen) atoms. The van der Waals surface area contributed by atoms with Crippen molar-refractivity contribution in [2.75, 3.05) is 24.6 Å². The normalized spacial score (nSPS) is 27.0. The predicted molar refractivity (Wildman–Crippen MR) is 125 cm³/mol. The van der Waals surface area contributed by atoms with E-state index in [1.165, 1.54) is 11.1 Å². The predicted octanol–water partition coefficient (Wildman–Crippen LogP) is 4.69. The zero-order chi connectivity index (χ0) is 22.5. The van der Waals surface area contributed by atoms with Crippen LogP contribution in [-0.2, 0) is 11.8 Å². The first kappa shape index (κ1) is 21.4. The van der Waals surface area contributed by atoms with Gasteiger partial charge in [0.05, 0.1) is 24.0 Å². The molecule has 4 atom stereocenters. The van der Waals surface area contributed by atoms with E-state index in [1.54, 1.807) is 24.3 Å². The Morgan fingerprint density at radius 3 is 2.88 bits per heavy atom. The first-order valence-corrected chi connectivity index (χ1v) is 11.6. The van der Waals surface area contributed by atoms with E-state index in [4.69, 9.17) is 16.3 Å². The third-order valence-corrected chi connectivity index (χ3v) is 7.90. The molecule has 2 N–H and O–H groups in total. The number of anilines is 1. The molecule has 2 aromatic rings. The fourth-order valence-corrected chi connectivity index (χ4v) is 5.93. The van der Waals surface area contributed by atoms with Gasteiger partial charge in [-0.15, -0.1) is 6.58 Å². The molecule has 1 fully saturated rings. The number of halogens is 1. The van der Waals surface area contributed by atoms with Crippen LogP contribution in [0.15, 0.2) is 49.1 Å². The Kier molecular flexibility index (Phi) is 5.42. The fraction of sp³-hybridized carbons (Fsp3) is 0.423. The van der Waals surface area contributed by atoms with Crippen LogP contribution in [0.2, 0.25) is 5.02 Å². The summed E-state index contributed by atoms with van der Waals surface area (Å²) in [5.41, 5.74) is 3.43. The molecule has 2 aromatic carbocycles. The first-order valence-electron chi connectivity index (χ1n) is 11.2. The van der Waals surface area contributed by atoms with Gasteiger partial charge in [0, 0.05) is 23.5 Å². The van der Waals surface area contributed by atoms with E-state index in [2.05, 4.69) is 23.6 Å². The van der Waals surface area contributed by atoms with Crippen molar-refractivity contribution < 1.29 is 19.7 Å². The summed E-state index contributed by atoms with van der Waals surface area (Å²) in [7, 11) is 0. The molecule has 168 valence electrons. The number of carboxylic acids is 1. The van der Waals surface area contributed by atoms with Crippen LogP contribution < -0.4 is 9.64 Å². The maximum Gasteiger partial charge on any atom is 0.335 e. The number of rotatable bonds is 5. The van der Waals surface area contributed by atoms with Crippen LogP contribution in [0.3, 0.4) is 0 Å². The number of aliphatic hydroxyl groups is 1. The largest absolute Gasteiger partial charge is 0.490 e. The third-order valence-electron chi connectivity index (χ3n) is 7.67. The highest BCUT2D eigenvalue weighted by Gasteiger charge is 2.45. The lowest BCUT2D eigenvalue weighted by Crippen LogP contribution is -2.47. The Labute approximate surface area is 193 Å². The second-order valence-corrected chi connectivity index (χ2v) is 9.90. The van der Waals surface area contributed by atoms with E-state index >= 15 is 0 Å². The molecule has 1 unspecified atom stereocenters. The van der Waals surface area contributed by atoms with Crippen LogP contribution in [0.25, 0.3) is 0 Å². The number of aliphatic hydroxyl groups excluding tert-OH is 1. The SMILES string of the molecule is C=CC(O)[C@@H]1CC[C@H]1CN1C[C@@]2(CCc3cc(Cl)ccc32)COc2ccc(C(=O)O)cc21. The summed E-state index contributed by atoms with van der Waals surface area (Å²) in [4.78, 5) is 14.0. The third kappa shape index (κ3) is 3.57. The highest BCUT2D eigenvalue weighted by atomic mass is 35.5. The van der Waals surface area contributed by atoms with Crippen LogP contribution in [0, 0.1) is 11.8 Å². The van der Waals surface area contributed by atoms with Gasteiger partial charge in [-0.3, -0.25) is 0 Å². The highest BCUT2D eigenvalue weighted by Crippen LogP contribution is 2.47. The lowest BCUT2D eigenvalue weighted by Gasteiger charge is -2.43. The minimum atomic E-state index is -0.948. The van der Waals surface area contributed by atoms with Gasteiger partial charge in [-0.25, -0.2) is 4.79 Å². The standard InChI is InChI=1S/C26H28ClNO4/c1-2-23(29)20-6-3-18(20)13-28-14-26(10-9-16-11-19(27)5-7-21(16)26)15-32-24-8-4-17(25(30)31)12-22(24)28/h2,4-5,7-8,11-12,18,20,23,29H,1,3,6,9-10,13-15H2,(H,30,31)/t18-,20+,23?,26-/m0/s1. The topological polar surface area (TPSA) is 70.0 Å². The number of aromatic carboxylic acids is 1. The summed E-state index contributed by atoms with van der Waals surface area (Å²) in [6.07, 6.45) is 5.05. The lowest BCUT2D eigenvalue weighted by molar-refractivity contribution is 0.0461. The highest BCUT2D eigenvalue weighted by molar-refractivity contribution is 6.30. The molecular weight excluding hydrogens is 426 g/mol. The van der Waals surface area contributed by atoms with Crippen molar-refractivity contribution in [1.29, 1.82) is 0 Å². The molecule has 1 spiro atoms. The molecule has 0 bridgehead atoms. The quantitative estimate of drug-likeness (QED) is 0.642. The van der Waals surface area contributed by atoms with Gasteiger partial charge >= 0.3 is 5.97 Å². The molecule has 0 aromatic heterocycles. The van der Waals surface area contributed by atoms with Crippen molar-refractivity contribution in [2.24, 2.45) is 11.8 Å². The second kappa shape index (κ2) is 8.13. The number of carboxylic acid groups (broad SMARTS) is 1. The first-order chi connectivity index (χ1) is 15.4. The fourth-order valence-electron chi connectivity index (χ4n) is 5.73. The summed E-state index contributed by atoms with van der Waals surface area (Å²) in [5, 5.41) is 20.7. The molecule has 1 aliphatic heterocycles. The van der Waals surface area contributed by atoms with Crippen LogP contribution in [0.1, 0.15) is 40.7 Å². The summed E-state index contributed by atoms with van der Waals surface area (Å²) in [6, 6.07) is 11.2. The summed E-state index contributed by atoms with van der Waals surface area (Å²) in [5.74, 6) is 0.282. The summed E-state index contributed by atoms with van der Waals surface area (Å²) in [6.45, 7) is 5.79. The maximum atomic E-state index is 11.7. The molecule has 5 rings (SSSR count). The number of ether oxygens (including phenoxy) is 1. The Bertz CT molecular complexity index is 1070. The minimum Gasteiger partial charge on any atom is -0.490 e. The molecule has 0 saturated heterocycles. The van der Waals surface area contributed by atoms with Crippen molar-refractivity contribution in [3.05, 3.63) is 70.8 Å². The van der Waals surface area contributed by atoms with Gasteiger partial charge in [0.1, 0.15) is 5.75 Å². The summed E-state index contributed by atoms with van der Waals surface area (Å²) < 4.78 is 6.33. The number of benzene rings is 2. The zero-order valence-electron chi connectivity index (χ0n) is 18.0. The van der Waals surface area contributed by atoms with Gasteiger partial charge in [0.2, 0.25) is 0 Å². The number of nitrogens with zero attached hydrogens (tertiary/aromatic N) is 1. The van der Waals surface area contributed by atoms with E-state index in [0.29, 0.717) is 12.5 Å². The molecule has 0 radical (unpaired) electrons. The number of carbonyl (C=O) groups is 1. The number of hydrogen-bond acceptors (Lipinski definition) is 4. The van der Waals surface area contributed by atoms with Crippen molar-refractivity contribution in [2.45, 2.75) is 37.2 Å². The molecule has 1 saturated carbocycles. The Morgan fingerprint density at radius 1 is 1.31 bits per heavy atom. The zero-order valence-corrected chi connectivity index (χ0v) is 18.7. The van der Waals surface area contributed by atoms with E-state index in [-0.39, 0.29) is 16.9 Å². The average molecular weight is 454 g/mol. The van der Waals surface area contributed by atoms with Crippen LogP contribution in [0.4, 0.5) is 5.69 Å². The molecule has 0 amide bonds. The molecule has 2 aliphatic carbocycles. The average Bonchev–Trinajstić information content (AvgIpc) is 3.02. The molecule has 1 heterocycles. The van der Waals surface area contributed by atoms with Crippen molar-refractivity contribution in [1.82, 2.24) is 0 Å². The van der Waals surface area contributed by atoms with Crippen molar-refractivity contribution in [3.8, 4) is 5.75 Å². The molecule has 5 nitrogen and oxygen atoms in total. The van der Waals surface area contributed by atoms with E-state index < -0.39 is 12.1 Å². The van der Waals surface area contributed by atoms with Gasteiger partial charge in [-0.2, -0.15) is 0 Å². The van der Waals surface area contributed by atoms with Crippen molar-refractivity contribution in [3.63, 3.8) is 0 Å². The van der Waals surface area contributed by atoms with E-state index in [1.807, 2.05) is 6.07 Å². The van der Waals surface area contributed by atoms with Gasteiger partial charge in [0.25, 0.3) is 0 Å². The van der Waals surface area contributed by atoms with Crippen LogP contribution in [0.5, 0.6) is 5.75 Å². The van der Waals surface area contributed by atoms with Crippen LogP contribution >= 0.6 is 11.6 Å². The second-order valence-electron chi connectivity index (χ2n) is 9.47. The van der Waals surface area contributed by atoms with Crippen molar-refractivity contribution >= 4 is 23.3 Å².